The third-order valence-electron chi connectivity index (χ3n) is 5.65. The van der Waals surface area contributed by atoms with Gasteiger partial charge in [0.15, 0.2) is 0 Å². The fraction of sp³-hybridized carbons (Fsp3) is 0.231. The third-order valence-corrected chi connectivity index (χ3v) is 7.45. The standard InChI is InChI=1S/C26H25N9O3S2/c36-19-10-6-9-18(14-19)20-15-35(34-29-20)16-22(38)28-26-33-31-24(40-26)12-5-4-11-23-30-32-25(39-23)27-21(37)13-17-7-2-1-3-8-17/h1-3,6-10,14-15,36H,4-5,11-13,16H2,(H,27,32,37)(H,28,33,38). The third kappa shape index (κ3) is 7.74. The molecule has 0 aliphatic heterocycles. The number of hydrogen-bond acceptors (Lipinski definition) is 11. The van der Waals surface area contributed by atoms with Crippen LogP contribution in [0.2, 0.25) is 0 Å². The molecule has 204 valence electrons. The Morgan fingerprint density at radius 1 is 0.800 bits per heavy atom. The number of aromatic hydroxyl groups is 1. The average Bonchev–Trinajstić information content (AvgIpc) is 3.69. The summed E-state index contributed by atoms with van der Waals surface area (Å²) < 4.78 is 1.42. The zero-order valence-electron chi connectivity index (χ0n) is 21.2. The molecule has 3 heterocycles. The van der Waals surface area contributed by atoms with Gasteiger partial charge in [-0.3, -0.25) is 14.9 Å². The molecular formula is C26H25N9O3S2. The van der Waals surface area contributed by atoms with Gasteiger partial charge in [0.2, 0.25) is 22.1 Å². The number of rotatable bonds is 12. The summed E-state index contributed by atoms with van der Waals surface area (Å²) in [7, 11) is 0. The molecule has 40 heavy (non-hydrogen) atoms. The van der Waals surface area contributed by atoms with Crippen molar-refractivity contribution in [2.75, 3.05) is 10.6 Å². The predicted octanol–water partition coefficient (Wildman–Crippen LogP) is 3.74. The number of phenolic OH excluding ortho intramolecular Hbond substituents is 1. The van der Waals surface area contributed by atoms with Crippen molar-refractivity contribution in [2.45, 2.75) is 38.6 Å². The number of phenols is 1. The Hall–Kier alpha value is -4.56. The van der Waals surface area contributed by atoms with Gasteiger partial charge in [-0.15, -0.1) is 25.5 Å². The van der Waals surface area contributed by atoms with E-state index in [0.29, 0.717) is 27.9 Å². The molecule has 3 N–H and O–H groups in total. The fourth-order valence-electron chi connectivity index (χ4n) is 3.79. The molecule has 14 heteroatoms. The fourth-order valence-corrected chi connectivity index (χ4v) is 5.38. The SMILES string of the molecule is O=C(Cc1ccccc1)Nc1nnc(CCCCc2nnc(NC(=O)Cn3cc(-c4cccc(O)c4)nn3)s2)s1. The van der Waals surface area contributed by atoms with Crippen LogP contribution in [0.5, 0.6) is 5.75 Å². The minimum atomic E-state index is -0.294. The number of aryl methyl sites for hydroxylation is 2. The van der Waals surface area contributed by atoms with Crippen LogP contribution in [-0.2, 0) is 35.4 Å². The normalized spacial score (nSPS) is 10.9. The van der Waals surface area contributed by atoms with Crippen LogP contribution in [0, 0.1) is 0 Å². The predicted molar refractivity (Wildman–Crippen MR) is 151 cm³/mol. The van der Waals surface area contributed by atoms with Gasteiger partial charge >= 0.3 is 0 Å². The number of benzene rings is 2. The maximum absolute atomic E-state index is 12.4. The largest absolute Gasteiger partial charge is 0.508 e. The highest BCUT2D eigenvalue weighted by Gasteiger charge is 2.12. The molecule has 0 aliphatic carbocycles. The molecule has 0 saturated heterocycles. The van der Waals surface area contributed by atoms with Crippen LogP contribution in [0.15, 0.2) is 60.8 Å². The molecule has 5 aromatic rings. The molecule has 2 amide bonds. The molecule has 12 nitrogen and oxygen atoms in total. The zero-order chi connectivity index (χ0) is 27.7. The van der Waals surface area contributed by atoms with E-state index in [2.05, 4.69) is 41.3 Å². The van der Waals surface area contributed by atoms with Gasteiger partial charge in [0.1, 0.15) is 28.0 Å². The van der Waals surface area contributed by atoms with E-state index in [-0.39, 0.29) is 24.1 Å². The minimum Gasteiger partial charge on any atom is -0.508 e. The Kier molecular flexibility index (Phi) is 8.78. The number of hydrogen-bond donors (Lipinski definition) is 3. The van der Waals surface area contributed by atoms with Gasteiger partial charge in [-0.2, -0.15) is 0 Å². The Morgan fingerprint density at radius 3 is 2.15 bits per heavy atom. The maximum atomic E-state index is 12.4. The summed E-state index contributed by atoms with van der Waals surface area (Å²) in [5.41, 5.74) is 2.20. The highest BCUT2D eigenvalue weighted by atomic mass is 32.1. The van der Waals surface area contributed by atoms with E-state index < -0.39 is 0 Å². The monoisotopic (exact) mass is 575 g/mol. The molecule has 3 aromatic heterocycles. The van der Waals surface area contributed by atoms with Crippen molar-refractivity contribution in [3.05, 3.63) is 76.4 Å². The van der Waals surface area contributed by atoms with Crippen molar-refractivity contribution in [1.82, 2.24) is 35.4 Å². The van der Waals surface area contributed by atoms with E-state index in [0.717, 1.165) is 41.3 Å². The van der Waals surface area contributed by atoms with Gasteiger partial charge in [-0.1, -0.05) is 70.4 Å². The Balaban J connectivity index is 1.01. The summed E-state index contributed by atoms with van der Waals surface area (Å²) in [5.74, 6) is -0.281. The van der Waals surface area contributed by atoms with Crippen molar-refractivity contribution in [3.63, 3.8) is 0 Å². The van der Waals surface area contributed by atoms with Crippen LogP contribution >= 0.6 is 22.7 Å². The van der Waals surface area contributed by atoms with E-state index in [1.165, 1.54) is 27.4 Å². The first-order chi connectivity index (χ1) is 19.5. The molecule has 0 fully saturated rings. The lowest BCUT2D eigenvalue weighted by atomic mass is 10.1. The Labute approximate surface area is 237 Å². The highest BCUT2D eigenvalue weighted by molar-refractivity contribution is 7.15. The molecule has 2 aromatic carbocycles. The number of carbonyl (C=O) groups is 2. The van der Waals surface area contributed by atoms with E-state index in [1.807, 2.05) is 30.3 Å². The first-order valence-corrected chi connectivity index (χ1v) is 14.1. The molecule has 0 unspecified atom stereocenters. The van der Waals surface area contributed by atoms with E-state index in [9.17, 15) is 14.7 Å². The summed E-state index contributed by atoms with van der Waals surface area (Å²) >= 11 is 2.71. The molecule has 0 radical (unpaired) electrons. The average molecular weight is 576 g/mol. The first-order valence-electron chi connectivity index (χ1n) is 12.5. The second-order valence-corrected chi connectivity index (χ2v) is 10.9. The second-order valence-electron chi connectivity index (χ2n) is 8.82. The summed E-state index contributed by atoms with van der Waals surface area (Å²) in [6.07, 6.45) is 5.15. The molecule has 0 bridgehead atoms. The molecule has 0 saturated carbocycles. The number of aromatic nitrogens is 7. The first kappa shape index (κ1) is 27.0. The Bertz CT molecular complexity index is 1580. The van der Waals surface area contributed by atoms with Crippen molar-refractivity contribution in [3.8, 4) is 17.0 Å². The van der Waals surface area contributed by atoms with Crippen LogP contribution in [0.3, 0.4) is 0 Å². The molecule has 5 rings (SSSR count). The lowest BCUT2D eigenvalue weighted by Gasteiger charge is -2.00. The molecular weight excluding hydrogens is 550 g/mol. The molecule has 0 spiro atoms. The molecule has 0 atom stereocenters. The summed E-state index contributed by atoms with van der Waals surface area (Å²) in [6, 6.07) is 16.2. The second kappa shape index (κ2) is 13.0. The smallest absolute Gasteiger partial charge is 0.247 e. The van der Waals surface area contributed by atoms with E-state index in [4.69, 9.17) is 0 Å². The van der Waals surface area contributed by atoms with E-state index >= 15 is 0 Å². The van der Waals surface area contributed by atoms with Crippen LogP contribution < -0.4 is 10.6 Å². The van der Waals surface area contributed by atoms with Gasteiger partial charge in [0.05, 0.1) is 12.6 Å². The van der Waals surface area contributed by atoms with Crippen LogP contribution in [0.4, 0.5) is 10.3 Å². The topological polar surface area (TPSA) is 161 Å². The lowest BCUT2D eigenvalue weighted by molar-refractivity contribution is -0.117. The summed E-state index contributed by atoms with van der Waals surface area (Å²) in [4.78, 5) is 24.6. The number of carbonyl (C=O) groups excluding carboxylic acids is 2. The van der Waals surface area contributed by atoms with Crippen molar-refractivity contribution < 1.29 is 14.7 Å². The van der Waals surface area contributed by atoms with Gasteiger partial charge < -0.3 is 10.4 Å². The quantitative estimate of drug-likeness (QED) is 0.188. The van der Waals surface area contributed by atoms with Crippen LogP contribution in [-0.4, -0.2) is 52.3 Å². The zero-order valence-corrected chi connectivity index (χ0v) is 22.9. The maximum Gasteiger partial charge on any atom is 0.247 e. The van der Waals surface area contributed by atoms with Gasteiger partial charge in [-0.05, 0) is 30.5 Å². The van der Waals surface area contributed by atoms with Crippen LogP contribution in [0.1, 0.15) is 28.4 Å². The lowest BCUT2D eigenvalue weighted by Crippen LogP contribution is -2.19. The highest BCUT2D eigenvalue weighted by Crippen LogP contribution is 2.22. The number of nitrogens with one attached hydrogen (secondary N) is 2. The van der Waals surface area contributed by atoms with Crippen molar-refractivity contribution in [1.29, 1.82) is 0 Å². The number of amides is 2. The number of nitrogens with zero attached hydrogens (tertiary/aromatic N) is 7. The summed E-state index contributed by atoms with van der Waals surface area (Å²) in [6.45, 7) is -0.0305. The minimum absolute atomic E-state index is 0.0305. The van der Waals surface area contributed by atoms with Crippen LogP contribution in [0.25, 0.3) is 11.3 Å². The van der Waals surface area contributed by atoms with Gasteiger partial charge in [-0.25, -0.2) is 4.68 Å². The Morgan fingerprint density at radius 2 is 1.48 bits per heavy atom. The van der Waals surface area contributed by atoms with Crippen molar-refractivity contribution in [2.24, 2.45) is 0 Å². The van der Waals surface area contributed by atoms with Crippen molar-refractivity contribution >= 4 is 44.8 Å². The molecule has 0 aliphatic rings. The van der Waals surface area contributed by atoms with E-state index in [1.54, 1.807) is 30.5 Å². The number of unbranched alkanes of at least 4 members (excludes halogenated alkanes) is 1. The van der Waals surface area contributed by atoms with Gasteiger partial charge in [0.25, 0.3) is 0 Å². The summed E-state index contributed by atoms with van der Waals surface area (Å²) in [5, 5.41) is 42.3. The number of anilines is 2. The van der Waals surface area contributed by atoms with Gasteiger partial charge in [0, 0.05) is 18.4 Å².